The van der Waals surface area contributed by atoms with Crippen molar-refractivity contribution >= 4 is 0 Å². The molecule has 0 atom stereocenters. The number of aromatic hydroxyl groups is 2. The molecule has 2 heteroatoms. The smallest absolute Gasteiger partial charge is 0.119 e. The third kappa shape index (κ3) is 3.69. The van der Waals surface area contributed by atoms with E-state index < -0.39 is 0 Å². The molecule has 0 amide bonds. The fourth-order valence-corrected chi connectivity index (χ4v) is 1.48. The lowest BCUT2D eigenvalue weighted by atomic mass is 10.1. The van der Waals surface area contributed by atoms with Gasteiger partial charge in [-0.05, 0) is 30.5 Å². The number of hydrogen-bond donors (Lipinski definition) is 2. The van der Waals surface area contributed by atoms with E-state index in [0.717, 1.165) is 37.7 Å². The van der Waals surface area contributed by atoms with Gasteiger partial charge in [0.2, 0.25) is 0 Å². The normalized spacial score (nSPS) is 10.4. The molecule has 0 unspecified atom stereocenters. The van der Waals surface area contributed by atoms with Crippen LogP contribution in [0.15, 0.2) is 18.2 Å². The average Bonchev–Trinajstić information content (AvgIpc) is 2.11. The van der Waals surface area contributed by atoms with E-state index in [0.29, 0.717) is 0 Å². The van der Waals surface area contributed by atoms with Gasteiger partial charge >= 0.3 is 0 Å². The van der Waals surface area contributed by atoms with Crippen LogP contribution in [0.2, 0.25) is 0 Å². The van der Waals surface area contributed by atoms with Crippen molar-refractivity contribution in [3.8, 4) is 11.5 Å². The van der Waals surface area contributed by atoms with E-state index in [4.69, 9.17) is 0 Å². The number of unbranched alkanes of at least 4 members (excludes halogenated alkanes) is 3. The molecule has 1 rings (SSSR count). The summed E-state index contributed by atoms with van der Waals surface area (Å²) < 4.78 is 0. The van der Waals surface area contributed by atoms with Crippen molar-refractivity contribution in [2.24, 2.45) is 0 Å². The van der Waals surface area contributed by atoms with Crippen molar-refractivity contribution in [2.75, 3.05) is 0 Å². The molecule has 0 spiro atoms. The Hall–Kier alpha value is -1.18. The summed E-state index contributed by atoms with van der Waals surface area (Å²) in [7, 11) is 0. The van der Waals surface area contributed by atoms with Crippen LogP contribution in [0, 0.1) is 6.92 Å². The minimum atomic E-state index is 0.136. The van der Waals surface area contributed by atoms with Crippen LogP contribution >= 0.6 is 0 Å². The van der Waals surface area contributed by atoms with E-state index in [1.165, 1.54) is 6.07 Å². The summed E-state index contributed by atoms with van der Waals surface area (Å²) in [5, 5.41) is 18.5. The van der Waals surface area contributed by atoms with Gasteiger partial charge < -0.3 is 10.2 Å². The van der Waals surface area contributed by atoms with Crippen molar-refractivity contribution in [1.29, 1.82) is 0 Å². The Labute approximate surface area is 85.2 Å². The van der Waals surface area contributed by atoms with E-state index >= 15 is 0 Å². The van der Waals surface area contributed by atoms with Gasteiger partial charge in [-0.2, -0.15) is 0 Å². The van der Waals surface area contributed by atoms with Crippen molar-refractivity contribution in [2.45, 2.75) is 32.1 Å². The molecule has 2 N–H and O–H groups in total. The molecule has 14 heavy (non-hydrogen) atoms. The quantitative estimate of drug-likeness (QED) is 0.706. The van der Waals surface area contributed by atoms with Gasteiger partial charge in [-0.15, -0.1) is 0 Å². The first-order chi connectivity index (χ1) is 6.72. The molecule has 0 saturated carbocycles. The van der Waals surface area contributed by atoms with Crippen molar-refractivity contribution in [1.82, 2.24) is 0 Å². The molecule has 0 aliphatic carbocycles. The van der Waals surface area contributed by atoms with Gasteiger partial charge in [0.15, 0.2) is 0 Å². The molecule has 0 heterocycles. The maximum Gasteiger partial charge on any atom is 0.119 e. The molecule has 77 valence electrons. The van der Waals surface area contributed by atoms with Gasteiger partial charge in [-0.3, -0.25) is 0 Å². The van der Waals surface area contributed by atoms with Gasteiger partial charge in [0.25, 0.3) is 0 Å². The predicted octanol–water partition coefficient (Wildman–Crippen LogP) is 3.03. The molecule has 0 aliphatic rings. The van der Waals surface area contributed by atoms with Crippen molar-refractivity contribution in [3.63, 3.8) is 0 Å². The number of aryl methyl sites for hydroxylation is 1. The third-order valence-electron chi connectivity index (χ3n) is 2.18. The topological polar surface area (TPSA) is 40.5 Å². The van der Waals surface area contributed by atoms with Crippen LogP contribution in [0.1, 0.15) is 31.2 Å². The Bertz CT molecular complexity index is 261. The molecule has 0 fully saturated rings. The minimum Gasteiger partial charge on any atom is -0.508 e. The van der Waals surface area contributed by atoms with Gasteiger partial charge in [-0.25, -0.2) is 0 Å². The largest absolute Gasteiger partial charge is 0.508 e. The summed E-state index contributed by atoms with van der Waals surface area (Å²) in [6.07, 6.45) is 5.26. The molecule has 0 aromatic heterocycles. The van der Waals surface area contributed by atoms with Crippen LogP contribution in [-0.4, -0.2) is 10.2 Å². The zero-order valence-corrected chi connectivity index (χ0v) is 8.37. The fourth-order valence-electron chi connectivity index (χ4n) is 1.48. The van der Waals surface area contributed by atoms with Crippen LogP contribution in [-0.2, 0) is 6.42 Å². The summed E-state index contributed by atoms with van der Waals surface area (Å²) in [6, 6.07) is 4.74. The predicted molar refractivity (Wildman–Crippen MR) is 57.3 cm³/mol. The Morgan fingerprint density at radius 3 is 2.14 bits per heavy atom. The average molecular weight is 193 g/mol. The summed E-state index contributed by atoms with van der Waals surface area (Å²) in [5.74, 6) is 0.273. The van der Waals surface area contributed by atoms with E-state index in [1.54, 1.807) is 12.1 Å². The minimum absolute atomic E-state index is 0.136. The number of hydrogen-bond acceptors (Lipinski definition) is 2. The molecule has 1 radical (unpaired) electrons. The van der Waals surface area contributed by atoms with Crippen LogP contribution < -0.4 is 0 Å². The number of phenolic OH excluding ortho intramolecular Hbond substituents is 2. The van der Waals surface area contributed by atoms with E-state index in [-0.39, 0.29) is 11.5 Å². The second-order valence-electron chi connectivity index (χ2n) is 3.52. The summed E-state index contributed by atoms with van der Waals surface area (Å²) in [5.41, 5.74) is 0.992. The van der Waals surface area contributed by atoms with Gasteiger partial charge in [-0.1, -0.05) is 26.2 Å². The fraction of sp³-hybridized carbons (Fsp3) is 0.417. The first-order valence-electron chi connectivity index (χ1n) is 5.03. The highest BCUT2D eigenvalue weighted by atomic mass is 16.3. The number of rotatable bonds is 5. The Morgan fingerprint density at radius 2 is 1.57 bits per heavy atom. The standard InChI is InChI=1S/C12H17O2/c1-2-3-4-5-6-10-7-11(13)9-12(14)8-10/h7-9,13-14H,1-6H2. The van der Waals surface area contributed by atoms with Crippen LogP contribution in [0.5, 0.6) is 11.5 Å². The van der Waals surface area contributed by atoms with Gasteiger partial charge in [0.1, 0.15) is 11.5 Å². The lowest BCUT2D eigenvalue weighted by Crippen LogP contribution is -1.85. The molecular weight excluding hydrogens is 176 g/mol. The van der Waals surface area contributed by atoms with Crippen molar-refractivity contribution in [3.05, 3.63) is 30.7 Å². The maximum atomic E-state index is 9.23. The highest BCUT2D eigenvalue weighted by Crippen LogP contribution is 2.21. The van der Waals surface area contributed by atoms with Gasteiger partial charge in [0.05, 0.1) is 0 Å². The first-order valence-corrected chi connectivity index (χ1v) is 5.03. The Balaban J connectivity index is 2.42. The second-order valence-corrected chi connectivity index (χ2v) is 3.52. The SMILES string of the molecule is [CH2]CCCCCc1cc(O)cc(O)c1. The first kappa shape index (κ1) is 10.9. The van der Waals surface area contributed by atoms with Crippen LogP contribution in [0.3, 0.4) is 0 Å². The van der Waals surface area contributed by atoms with E-state index in [1.807, 2.05) is 0 Å². The number of benzene rings is 1. The van der Waals surface area contributed by atoms with Crippen LogP contribution in [0.25, 0.3) is 0 Å². The molecule has 1 aromatic rings. The molecule has 2 nitrogen and oxygen atoms in total. The second kappa shape index (κ2) is 5.53. The van der Waals surface area contributed by atoms with Gasteiger partial charge in [0, 0.05) is 6.07 Å². The lowest BCUT2D eigenvalue weighted by Gasteiger charge is -2.03. The summed E-state index contributed by atoms with van der Waals surface area (Å²) in [4.78, 5) is 0. The number of phenols is 2. The zero-order chi connectivity index (χ0) is 10.4. The summed E-state index contributed by atoms with van der Waals surface area (Å²) in [6.45, 7) is 3.78. The van der Waals surface area contributed by atoms with Crippen molar-refractivity contribution < 1.29 is 10.2 Å². The highest BCUT2D eigenvalue weighted by molar-refractivity contribution is 5.36. The van der Waals surface area contributed by atoms with E-state index in [9.17, 15) is 10.2 Å². The lowest BCUT2D eigenvalue weighted by molar-refractivity contribution is 0.449. The molecule has 1 aromatic carbocycles. The van der Waals surface area contributed by atoms with Crippen LogP contribution in [0.4, 0.5) is 0 Å². The maximum absolute atomic E-state index is 9.23. The molecular formula is C12H17O2. The molecule has 0 bridgehead atoms. The monoisotopic (exact) mass is 193 g/mol. The molecule has 0 saturated heterocycles. The molecule has 0 aliphatic heterocycles. The Kier molecular flexibility index (Phi) is 4.30. The third-order valence-corrected chi connectivity index (χ3v) is 2.18. The van der Waals surface area contributed by atoms with E-state index in [2.05, 4.69) is 6.92 Å². The summed E-state index contributed by atoms with van der Waals surface area (Å²) >= 11 is 0. The zero-order valence-electron chi connectivity index (χ0n) is 8.37. The highest BCUT2D eigenvalue weighted by Gasteiger charge is 1.98. The Morgan fingerprint density at radius 1 is 0.929 bits per heavy atom.